The smallest absolute Gasteiger partial charge is 0.272 e. The first-order chi connectivity index (χ1) is 12.4. The highest BCUT2D eigenvalue weighted by Crippen LogP contribution is 2.36. The topological polar surface area (TPSA) is 72.7 Å². The van der Waals surface area contributed by atoms with Crippen LogP contribution in [0.2, 0.25) is 0 Å². The van der Waals surface area contributed by atoms with Gasteiger partial charge in [-0.1, -0.05) is 36.1 Å². The molecule has 1 aliphatic heterocycles. The summed E-state index contributed by atoms with van der Waals surface area (Å²) in [5, 5.41) is 11.1. The summed E-state index contributed by atoms with van der Waals surface area (Å²) in [6.07, 6.45) is 1.62. The van der Waals surface area contributed by atoms with Gasteiger partial charge in [0.15, 0.2) is 4.32 Å². The number of thiocarbonyl (C=S) groups is 1. The van der Waals surface area contributed by atoms with Gasteiger partial charge < -0.3 is 4.74 Å². The van der Waals surface area contributed by atoms with Crippen molar-refractivity contribution in [3.63, 3.8) is 0 Å². The van der Waals surface area contributed by atoms with E-state index in [2.05, 4.69) is 0 Å². The minimum absolute atomic E-state index is 0.0179. The van der Waals surface area contributed by atoms with Gasteiger partial charge in [-0.05, 0) is 42.8 Å². The lowest BCUT2D eigenvalue weighted by Crippen LogP contribution is -2.27. The summed E-state index contributed by atoms with van der Waals surface area (Å²) < 4.78 is 5.53. The molecule has 0 aliphatic carbocycles. The number of nitro benzene ring substituents is 1. The molecule has 8 heteroatoms. The predicted octanol–water partition coefficient (Wildman–Crippen LogP) is 4.32. The quantitative estimate of drug-likeness (QED) is 0.337. The number of aryl methyl sites for hydroxylation is 1. The number of methoxy groups -OCH3 is 1. The maximum Gasteiger partial charge on any atom is 0.272 e. The number of benzene rings is 2. The van der Waals surface area contributed by atoms with Crippen molar-refractivity contribution in [1.29, 1.82) is 0 Å². The monoisotopic (exact) mass is 386 g/mol. The number of thioether (sulfide) groups is 1. The SMILES string of the molecule is COc1ccc(N2C(=O)C(=Cc3ccc(C)c([N+](=O)[O-])c3)SC2=S)cc1. The fourth-order valence-electron chi connectivity index (χ4n) is 2.49. The normalized spacial score (nSPS) is 15.6. The molecule has 1 aliphatic rings. The summed E-state index contributed by atoms with van der Waals surface area (Å²) in [5.41, 5.74) is 1.81. The summed E-state index contributed by atoms with van der Waals surface area (Å²) in [7, 11) is 1.57. The number of rotatable bonds is 4. The molecular formula is C18H14N2O4S2. The molecule has 0 aromatic heterocycles. The van der Waals surface area contributed by atoms with Gasteiger partial charge in [0.1, 0.15) is 5.75 Å². The Hall–Kier alpha value is -2.71. The Bertz CT molecular complexity index is 939. The summed E-state index contributed by atoms with van der Waals surface area (Å²) in [6.45, 7) is 1.67. The zero-order valence-electron chi connectivity index (χ0n) is 14.0. The average molecular weight is 386 g/mol. The van der Waals surface area contributed by atoms with E-state index in [1.807, 2.05) is 0 Å². The molecule has 1 amide bonds. The molecule has 2 aromatic rings. The molecule has 3 rings (SSSR count). The predicted molar refractivity (Wildman–Crippen MR) is 106 cm³/mol. The van der Waals surface area contributed by atoms with Crippen molar-refractivity contribution in [3.05, 3.63) is 68.6 Å². The summed E-state index contributed by atoms with van der Waals surface area (Å²) in [4.78, 5) is 25.3. The van der Waals surface area contributed by atoms with E-state index in [9.17, 15) is 14.9 Å². The van der Waals surface area contributed by atoms with Crippen molar-refractivity contribution in [2.24, 2.45) is 0 Å². The standard InChI is InChI=1S/C18H14N2O4S2/c1-11-3-4-12(9-15(11)20(22)23)10-16-17(21)19(18(25)26-16)13-5-7-14(24-2)8-6-13/h3-10H,1-2H3. The number of hydrogen-bond donors (Lipinski definition) is 0. The molecule has 0 spiro atoms. The third kappa shape index (κ3) is 3.47. The van der Waals surface area contributed by atoms with E-state index in [4.69, 9.17) is 17.0 Å². The maximum absolute atomic E-state index is 12.7. The van der Waals surface area contributed by atoms with E-state index in [1.165, 1.54) is 22.7 Å². The summed E-state index contributed by atoms with van der Waals surface area (Å²) in [6, 6.07) is 11.9. The number of ether oxygens (including phenoxy) is 1. The molecule has 6 nitrogen and oxygen atoms in total. The molecule has 0 radical (unpaired) electrons. The number of carbonyl (C=O) groups is 1. The van der Waals surface area contributed by atoms with Crippen LogP contribution in [0, 0.1) is 17.0 Å². The average Bonchev–Trinajstić information content (AvgIpc) is 2.90. The molecule has 1 fully saturated rings. The van der Waals surface area contributed by atoms with E-state index in [0.717, 1.165) is 0 Å². The Morgan fingerprint density at radius 2 is 1.92 bits per heavy atom. The van der Waals surface area contributed by atoms with Crippen molar-refractivity contribution in [3.8, 4) is 5.75 Å². The zero-order chi connectivity index (χ0) is 18.8. The van der Waals surface area contributed by atoms with Gasteiger partial charge in [-0.25, -0.2) is 0 Å². The first-order valence-corrected chi connectivity index (χ1v) is 8.80. The summed E-state index contributed by atoms with van der Waals surface area (Å²) in [5.74, 6) is 0.426. The van der Waals surface area contributed by atoms with Crippen molar-refractivity contribution >= 4 is 51.7 Å². The Labute approximate surface area is 159 Å². The van der Waals surface area contributed by atoms with Gasteiger partial charge in [-0.3, -0.25) is 19.8 Å². The van der Waals surface area contributed by atoms with Crippen molar-refractivity contribution < 1.29 is 14.5 Å². The number of carbonyl (C=O) groups excluding carboxylic acids is 1. The Kier molecular flexibility index (Phi) is 5.06. The van der Waals surface area contributed by atoms with Crippen LogP contribution in [-0.2, 0) is 4.79 Å². The van der Waals surface area contributed by atoms with Crippen molar-refractivity contribution in [2.75, 3.05) is 12.0 Å². The fourth-order valence-corrected chi connectivity index (χ4v) is 3.78. The Morgan fingerprint density at radius 3 is 2.54 bits per heavy atom. The van der Waals surface area contributed by atoms with Gasteiger partial charge in [0.05, 0.1) is 22.6 Å². The molecule has 1 heterocycles. The molecule has 2 aromatic carbocycles. The van der Waals surface area contributed by atoms with Crippen molar-refractivity contribution in [2.45, 2.75) is 6.92 Å². The van der Waals surface area contributed by atoms with Crippen LogP contribution in [0.3, 0.4) is 0 Å². The zero-order valence-corrected chi connectivity index (χ0v) is 15.6. The minimum atomic E-state index is -0.435. The fraction of sp³-hybridized carbons (Fsp3) is 0.111. The van der Waals surface area contributed by atoms with Crippen LogP contribution in [0.4, 0.5) is 11.4 Å². The van der Waals surface area contributed by atoms with Crippen LogP contribution >= 0.6 is 24.0 Å². The highest BCUT2D eigenvalue weighted by atomic mass is 32.2. The first kappa shape index (κ1) is 18.1. The highest BCUT2D eigenvalue weighted by Gasteiger charge is 2.33. The lowest BCUT2D eigenvalue weighted by atomic mass is 10.1. The van der Waals surface area contributed by atoms with Crippen LogP contribution in [0.5, 0.6) is 5.75 Å². The molecule has 0 N–H and O–H groups in total. The molecular weight excluding hydrogens is 372 g/mol. The van der Waals surface area contributed by atoms with Crippen LogP contribution < -0.4 is 9.64 Å². The van der Waals surface area contributed by atoms with Gasteiger partial charge in [0.2, 0.25) is 0 Å². The highest BCUT2D eigenvalue weighted by molar-refractivity contribution is 8.27. The van der Waals surface area contributed by atoms with E-state index >= 15 is 0 Å². The third-order valence-corrected chi connectivity index (χ3v) is 5.15. The van der Waals surface area contributed by atoms with E-state index in [1.54, 1.807) is 56.5 Å². The largest absolute Gasteiger partial charge is 0.497 e. The van der Waals surface area contributed by atoms with Crippen LogP contribution in [0.25, 0.3) is 6.08 Å². The summed E-state index contributed by atoms with van der Waals surface area (Å²) >= 11 is 6.50. The number of nitro groups is 1. The third-order valence-electron chi connectivity index (χ3n) is 3.85. The van der Waals surface area contributed by atoms with Crippen LogP contribution in [0.15, 0.2) is 47.4 Å². The second-order valence-corrected chi connectivity index (χ2v) is 7.19. The van der Waals surface area contributed by atoms with Gasteiger partial charge in [-0.2, -0.15) is 0 Å². The molecule has 0 saturated carbocycles. The minimum Gasteiger partial charge on any atom is -0.497 e. The van der Waals surface area contributed by atoms with Gasteiger partial charge in [-0.15, -0.1) is 0 Å². The molecule has 0 bridgehead atoms. The number of hydrogen-bond acceptors (Lipinski definition) is 6. The molecule has 1 saturated heterocycles. The van der Waals surface area contributed by atoms with E-state index < -0.39 is 4.92 Å². The number of amides is 1. The second-order valence-electron chi connectivity index (χ2n) is 5.52. The lowest BCUT2D eigenvalue weighted by Gasteiger charge is -2.14. The van der Waals surface area contributed by atoms with E-state index in [-0.39, 0.29) is 11.6 Å². The van der Waals surface area contributed by atoms with E-state index in [0.29, 0.717) is 31.8 Å². The number of anilines is 1. The second kappa shape index (κ2) is 7.27. The Balaban J connectivity index is 1.92. The van der Waals surface area contributed by atoms with Crippen LogP contribution in [0.1, 0.15) is 11.1 Å². The van der Waals surface area contributed by atoms with Crippen LogP contribution in [-0.4, -0.2) is 22.3 Å². The van der Waals surface area contributed by atoms with Gasteiger partial charge in [0.25, 0.3) is 11.6 Å². The maximum atomic E-state index is 12.7. The lowest BCUT2D eigenvalue weighted by molar-refractivity contribution is -0.385. The van der Waals surface area contributed by atoms with Gasteiger partial charge in [0, 0.05) is 11.6 Å². The van der Waals surface area contributed by atoms with Gasteiger partial charge >= 0.3 is 0 Å². The molecule has 26 heavy (non-hydrogen) atoms. The molecule has 0 atom stereocenters. The van der Waals surface area contributed by atoms with Crippen molar-refractivity contribution in [1.82, 2.24) is 0 Å². The molecule has 0 unspecified atom stereocenters. The number of nitrogens with zero attached hydrogens (tertiary/aromatic N) is 2. The molecule has 132 valence electrons. The Morgan fingerprint density at radius 1 is 1.23 bits per heavy atom. The first-order valence-electron chi connectivity index (χ1n) is 7.58.